The maximum atomic E-state index is 11.0. The largest absolute Gasteiger partial charge is 0.396 e. The highest BCUT2D eigenvalue weighted by molar-refractivity contribution is 5.92. The van der Waals surface area contributed by atoms with Crippen molar-refractivity contribution in [2.75, 3.05) is 13.2 Å². The van der Waals surface area contributed by atoms with E-state index in [0.29, 0.717) is 6.42 Å². The number of carbonyl (C=O) groups is 1. The Balaban J connectivity index is 2.47. The van der Waals surface area contributed by atoms with Gasteiger partial charge in [0.25, 0.3) is 0 Å². The predicted octanol–water partition coefficient (Wildman–Crippen LogP) is 1.62. The van der Waals surface area contributed by atoms with Gasteiger partial charge < -0.3 is 10.4 Å². The van der Waals surface area contributed by atoms with Crippen LogP contribution < -0.4 is 5.32 Å². The second kappa shape index (κ2) is 5.31. The Morgan fingerprint density at radius 3 is 2.47 bits per heavy atom. The minimum atomic E-state index is -0.0352. The van der Waals surface area contributed by atoms with E-state index < -0.39 is 0 Å². The molecule has 0 aromatic heterocycles. The number of hydrogen-bond acceptors (Lipinski definition) is 3. The van der Waals surface area contributed by atoms with Crippen LogP contribution in [0.15, 0.2) is 11.8 Å². The van der Waals surface area contributed by atoms with Gasteiger partial charge in [0.2, 0.25) is 0 Å². The molecule has 0 unspecified atom stereocenters. The van der Waals surface area contributed by atoms with Crippen LogP contribution in [0.1, 0.15) is 39.5 Å². The van der Waals surface area contributed by atoms with Crippen molar-refractivity contribution >= 4 is 5.78 Å². The molecule has 15 heavy (non-hydrogen) atoms. The molecule has 3 heteroatoms. The minimum absolute atomic E-state index is 0.0352. The van der Waals surface area contributed by atoms with Crippen molar-refractivity contribution in [2.45, 2.75) is 39.5 Å². The van der Waals surface area contributed by atoms with Crippen molar-refractivity contribution in [3.05, 3.63) is 11.8 Å². The summed E-state index contributed by atoms with van der Waals surface area (Å²) in [6.45, 7) is 5.15. The fraction of sp³-hybridized carbons (Fsp3) is 0.750. The van der Waals surface area contributed by atoms with Crippen molar-refractivity contribution in [3.63, 3.8) is 0 Å². The molecule has 0 bridgehead atoms. The van der Waals surface area contributed by atoms with Crippen LogP contribution >= 0.6 is 0 Å². The SMILES string of the molecule is CCC(CC)(CO)CNC1=CC(=O)CC1. The first kappa shape index (κ1) is 12.2. The van der Waals surface area contributed by atoms with Crippen LogP contribution in [-0.2, 0) is 4.79 Å². The predicted molar refractivity (Wildman–Crippen MR) is 60.4 cm³/mol. The normalized spacial score (nSPS) is 16.7. The van der Waals surface area contributed by atoms with E-state index in [1.807, 2.05) is 0 Å². The summed E-state index contributed by atoms with van der Waals surface area (Å²) in [7, 11) is 0. The Morgan fingerprint density at radius 1 is 1.40 bits per heavy atom. The number of ketones is 1. The fourth-order valence-corrected chi connectivity index (χ4v) is 1.82. The third-order valence-corrected chi connectivity index (χ3v) is 3.50. The molecule has 0 aliphatic heterocycles. The quantitative estimate of drug-likeness (QED) is 0.702. The topological polar surface area (TPSA) is 49.3 Å². The first-order chi connectivity index (χ1) is 7.15. The standard InChI is InChI=1S/C12H21NO2/c1-3-12(4-2,9-14)8-13-10-5-6-11(15)7-10/h7,13-14H,3-6,8-9H2,1-2H3. The molecule has 0 aromatic rings. The molecule has 1 aliphatic rings. The monoisotopic (exact) mass is 211 g/mol. The Bertz CT molecular complexity index is 246. The van der Waals surface area contributed by atoms with Crippen LogP contribution in [0.4, 0.5) is 0 Å². The van der Waals surface area contributed by atoms with E-state index in [0.717, 1.165) is 31.5 Å². The Kier molecular flexibility index (Phi) is 4.33. The molecule has 3 nitrogen and oxygen atoms in total. The summed E-state index contributed by atoms with van der Waals surface area (Å²) in [4.78, 5) is 11.0. The number of nitrogens with one attached hydrogen (secondary N) is 1. The second-order valence-corrected chi connectivity index (χ2v) is 4.35. The molecule has 0 radical (unpaired) electrons. The molecule has 0 aromatic carbocycles. The number of aliphatic hydroxyl groups excluding tert-OH is 1. The van der Waals surface area contributed by atoms with E-state index in [2.05, 4.69) is 19.2 Å². The van der Waals surface area contributed by atoms with Crippen molar-refractivity contribution in [2.24, 2.45) is 5.41 Å². The highest BCUT2D eigenvalue weighted by Gasteiger charge is 2.25. The van der Waals surface area contributed by atoms with Gasteiger partial charge in [-0.25, -0.2) is 0 Å². The molecular weight excluding hydrogens is 190 g/mol. The maximum Gasteiger partial charge on any atom is 0.157 e. The minimum Gasteiger partial charge on any atom is -0.396 e. The van der Waals surface area contributed by atoms with Gasteiger partial charge in [0, 0.05) is 30.2 Å². The summed E-state index contributed by atoms with van der Waals surface area (Å²) in [5, 5.41) is 12.7. The molecule has 0 heterocycles. The summed E-state index contributed by atoms with van der Waals surface area (Å²) < 4.78 is 0. The van der Waals surface area contributed by atoms with E-state index in [9.17, 15) is 9.90 Å². The molecule has 0 spiro atoms. The summed E-state index contributed by atoms with van der Waals surface area (Å²) in [5.74, 6) is 0.208. The average molecular weight is 211 g/mol. The zero-order valence-electron chi connectivity index (χ0n) is 9.68. The number of aliphatic hydroxyl groups is 1. The van der Waals surface area contributed by atoms with Gasteiger partial charge in [-0.2, -0.15) is 0 Å². The summed E-state index contributed by atoms with van der Waals surface area (Å²) >= 11 is 0. The van der Waals surface area contributed by atoms with Crippen LogP contribution in [-0.4, -0.2) is 24.0 Å². The van der Waals surface area contributed by atoms with Crippen LogP contribution in [0.5, 0.6) is 0 Å². The molecule has 0 saturated heterocycles. The van der Waals surface area contributed by atoms with Gasteiger partial charge in [-0.1, -0.05) is 13.8 Å². The zero-order valence-corrected chi connectivity index (χ0v) is 9.68. The summed E-state index contributed by atoms with van der Waals surface area (Å²) in [6, 6.07) is 0. The summed E-state index contributed by atoms with van der Waals surface area (Å²) in [5.41, 5.74) is 0.992. The van der Waals surface area contributed by atoms with Crippen molar-refractivity contribution in [3.8, 4) is 0 Å². The van der Waals surface area contributed by atoms with Gasteiger partial charge in [0.05, 0.1) is 6.61 Å². The molecule has 2 N–H and O–H groups in total. The van der Waals surface area contributed by atoms with Gasteiger partial charge in [0.15, 0.2) is 5.78 Å². The van der Waals surface area contributed by atoms with Gasteiger partial charge in [0.1, 0.15) is 0 Å². The Labute approximate surface area is 91.6 Å². The van der Waals surface area contributed by atoms with Gasteiger partial charge in [-0.15, -0.1) is 0 Å². The number of allylic oxidation sites excluding steroid dienone is 2. The zero-order chi connectivity index (χ0) is 11.3. The first-order valence-electron chi connectivity index (χ1n) is 5.74. The number of carbonyl (C=O) groups excluding carboxylic acids is 1. The average Bonchev–Trinajstić information content (AvgIpc) is 2.67. The molecule has 0 fully saturated rings. The van der Waals surface area contributed by atoms with Crippen molar-refractivity contribution < 1.29 is 9.90 Å². The highest BCUT2D eigenvalue weighted by atomic mass is 16.3. The van der Waals surface area contributed by atoms with E-state index in [1.54, 1.807) is 6.08 Å². The highest BCUT2D eigenvalue weighted by Crippen LogP contribution is 2.25. The van der Waals surface area contributed by atoms with Gasteiger partial charge >= 0.3 is 0 Å². The smallest absolute Gasteiger partial charge is 0.157 e. The maximum absolute atomic E-state index is 11.0. The molecule has 86 valence electrons. The van der Waals surface area contributed by atoms with E-state index in [-0.39, 0.29) is 17.8 Å². The molecule has 0 atom stereocenters. The lowest BCUT2D eigenvalue weighted by molar-refractivity contribution is -0.114. The molecule has 0 saturated carbocycles. The van der Waals surface area contributed by atoms with E-state index in [1.165, 1.54) is 0 Å². The van der Waals surface area contributed by atoms with Crippen LogP contribution in [0, 0.1) is 5.41 Å². The number of rotatable bonds is 6. The lowest BCUT2D eigenvalue weighted by Crippen LogP contribution is -2.35. The Hall–Kier alpha value is -0.830. The van der Waals surface area contributed by atoms with Gasteiger partial charge in [-0.05, 0) is 19.3 Å². The van der Waals surface area contributed by atoms with E-state index in [4.69, 9.17) is 0 Å². The summed E-state index contributed by atoms with van der Waals surface area (Å²) in [6.07, 6.45) is 5.05. The third-order valence-electron chi connectivity index (χ3n) is 3.50. The fourth-order valence-electron chi connectivity index (χ4n) is 1.82. The van der Waals surface area contributed by atoms with Gasteiger partial charge in [-0.3, -0.25) is 4.79 Å². The molecule has 1 aliphatic carbocycles. The third kappa shape index (κ3) is 3.06. The molecular formula is C12H21NO2. The first-order valence-corrected chi connectivity index (χ1v) is 5.74. The Morgan fingerprint density at radius 2 is 2.07 bits per heavy atom. The van der Waals surface area contributed by atoms with Crippen LogP contribution in [0.2, 0.25) is 0 Å². The molecule has 1 rings (SSSR count). The lowest BCUT2D eigenvalue weighted by atomic mass is 9.83. The molecule has 0 amide bonds. The van der Waals surface area contributed by atoms with Crippen molar-refractivity contribution in [1.29, 1.82) is 0 Å². The van der Waals surface area contributed by atoms with Crippen LogP contribution in [0.25, 0.3) is 0 Å². The van der Waals surface area contributed by atoms with Crippen LogP contribution in [0.3, 0.4) is 0 Å². The lowest BCUT2D eigenvalue weighted by Gasteiger charge is -2.30. The van der Waals surface area contributed by atoms with E-state index >= 15 is 0 Å². The second-order valence-electron chi connectivity index (χ2n) is 4.35. The van der Waals surface area contributed by atoms with Crippen molar-refractivity contribution in [1.82, 2.24) is 5.32 Å². The number of hydrogen-bond donors (Lipinski definition) is 2.